The topological polar surface area (TPSA) is 67.9 Å². The van der Waals surface area contributed by atoms with E-state index in [2.05, 4.69) is 221 Å². The molecule has 0 atom stereocenters. The molecule has 0 spiro atoms. The Morgan fingerprint density at radius 1 is 0.329 bits per heavy atom. The van der Waals surface area contributed by atoms with Crippen LogP contribution in [0.3, 0.4) is 0 Å². The second kappa shape index (κ2) is 18.8. The summed E-state index contributed by atoms with van der Waals surface area (Å²) in [5.74, 6) is 0.973. The van der Waals surface area contributed by atoms with Crippen molar-refractivity contribution in [2.45, 2.75) is 12.8 Å². The molecule has 0 radical (unpaired) electrons. The van der Waals surface area contributed by atoms with Gasteiger partial charge >= 0.3 is 0 Å². The van der Waals surface area contributed by atoms with Gasteiger partial charge in [0.1, 0.15) is 0 Å². The zero-order chi connectivity index (χ0) is 46.6. The minimum absolute atomic E-state index is 0.478. The Morgan fingerprint density at radius 2 is 0.757 bits per heavy atom. The van der Waals surface area contributed by atoms with Crippen molar-refractivity contribution in [2.75, 3.05) is 4.90 Å². The summed E-state index contributed by atoms with van der Waals surface area (Å²) in [6, 6.07) is 82.3. The van der Waals surface area contributed by atoms with Crippen molar-refractivity contribution in [1.29, 1.82) is 0 Å². The summed E-state index contributed by atoms with van der Waals surface area (Å²) in [7, 11) is 0. The van der Waals surface area contributed by atoms with Crippen LogP contribution in [0.25, 0.3) is 95.3 Å². The Hall–Kier alpha value is -9.26. The molecule has 6 nitrogen and oxygen atoms in total. The van der Waals surface area contributed by atoms with Crippen molar-refractivity contribution in [3.8, 4) is 78.7 Å². The monoisotopic (exact) mass is 899 g/mol. The molecule has 11 aromatic rings. The van der Waals surface area contributed by atoms with Gasteiger partial charge < -0.3 is 9.32 Å². The Morgan fingerprint density at radius 3 is 1.27 bits per heavy atom. The highest BCUT2D eigenvalue weighted by molar-refractivity contribution is 6.03. The number of rotatable bonds is 11. The van der Waals surface area contributed by atoms with Gasteiger partial charge in [0.2, 0.25) is 11.8 Å². The van der Waals surface area contributed by atoms with Crippen LogP contribution in [-0.4, -0.2) is 20.2 Å². The summed E-state index contributed by atoms with van der Waals surface area (Å²) < 4.78 is 6.12. The largest absolute Gasteiger partial charge is 0.416 e. The Labute approximate surface area is 407 Å². The van der Waals surface area contributed by atoms with Crippen molar-refractivity contribution in [3.05, 3.63) is 260 Å². The highest BCUT2D eigenvalue weighted by atomic mass is 16.4. The van der Waals surface area contributed by atoms with Gasteiger partial charge in [-0.3, -0.25) is 0 Å². The number of aromatic nitrogens is 4. The predicted molar refractivity (Wildman–Crippen MR) is 286 cm³/mol. The first-order chi connectivity index (χ1) is 34.7. The van der Waals surface area contributed by atoms with Crippen molar-refractivity contribution in [3.63, 3.8) is 0 Å². The molecule has 6 heteroatoms. The highest BCUT2D eigenvalue weighted by Crippen LogP contribution is 2.42. The standard InChI is InChI=1S/C64H45N5O/c1-6-18-44(19-7-1)50-26-16-28-52(42-50)57-40-41-58(53-29-17-27-51(43-53)45-20-8-2-9-21-45)62-61(57)65-59(46-22-10-3-11-23-46)60(66-62)47-32-36-55(37-33-47)69(54-30-14-5-15-31-54)56-38-34-49(35-39-56)64-68-67-63(70-64)48-24-12-4-13-25-48/h1-32,34-36,38-43H,33,37H2. The zero-order valence-corrected chi connectivity index (χ0v) is 38.2. The number of anilines is 2. The van der Waals surface area contributed by atoms with E-state index in [-0.39, 0.29) is 0 Å². The molecule has 2 heterocycles. The second-order valence-corrected chi connectivity index (χ2v) is 17.4. The summed E-state index contributed by atoms with van der Waals surface area (Å²) in [5.41, 5.74) is 19.5. The van der Waals surface area contributed by atoms with Crippen LogP contribution in [0.1, 0.15) is 18.5 Å². The third-order valence-electron chi connectivity index (χ3n) is 13.0. The first kappa shape index (κ1) is 42.1. The van der Waals surface area contributed by atoms with Crippen LogP contribution in [0.2, 0.25) is 0 Å². The predicted octanol–water partition coefficient (Wildman–Crippen LogP) is 16.6. The molecule has 0 unspecified atom stereocenters. The normalized spacial score (nSPS) is 12.3. The molecule has 2 aromatic heterocycles. The molecule has 9 aromatic carbocycles. The molecular formula is C64H45N5O. The number of hydrogen-bond donors (Lipinski definition) is 0. The van der Waals surface area contributed by atoms with Crippen molar-refractivity contribution in [2.24, 2.45) is 0 Å². The van der Waals surface area contributed by atoms with E-state index in [0.29, 0.717) is 11.8 Å². The van der Waals surface area contributed by atoms with Crippen LogP contribution in [0.5, 0.6) is 0 Å². The van der Waals surface area contributed by atoms with Crippen LogP contribution >= 0.6 is 0 Å². The average Bonchev–Trinajstić information content (AvgIpc) is 3.95. The molecule has 0 saturated carbocycles. The van der Waals surface area contributed by atoms with E-state index in [9.17, 15) is 0 Å². The van der Waals surface area contributed by atoms with Gasteiger partial charge in [-0.2, -0.15) is 0 Å². The minimum Gasteiger partial charge on any atom is -0.416 e. The van der Waals surface area contributed by atoms with Gasteiger partial charge in [-0.25, -0.2) is 9.97 Å². The fraction of sp³-hybridized carbons (Fsp3) is 0.0312. The number of para-hydroxylation sites is 1. The summed E-state index contributed by atoms with van der Waals surface area (Å²) in [5, 5.41) is 8.71. The first-order valence-electron chi connectivity index (χ1n) is 23.7. The quantitative estimate of drug-likeness (QED) is 0.129. The Balaban J connectivity index is 0.987. The smallest absolute Gasteiger partial charge is 0.248 e. The Bertz CT molecular complexity index is 3680. The second-order valence-electron chi connectivity index (χ2n) is 17.4. The maximum atomic E-state index is 6.12. The van der Waals surface area contributed by atoms with Crippen LogP contribution in [0.15, 0.2) is 259 Å². The average molecular weight is 900 g/mol. The number of benzene rings is 9. The molecule has 0 N–H and O–H groups in total. The van der Waals surface area contributed by atoms with Crippen molar-refractivity contribution in [1.82, 2.24) is 20.2 Å². The molecule has 1 aliphatic rings. The van der Waals surface area contributed by atoms with Crippen LogP contribution in [-0.2, 0) is 0 Å². The number of nitrogens with zero attached hydrogens (tertiary/aromatic N) is 5. The summed E-state index contributed by atoms with van der Waals surface area (Å²) in [6.45, 7) is 0. The molecule has 0 fully saturated rings. The maximum Gasteiger partial charge on any atom is 0.248 e. The van der Waals surface area contributed by atoms with Gasteiger partial charge in [0.15, 0.2) is 0 Å². The molecule has 1 aliphatic carbocycles. The third-order valence-corrected chi connectivity index (χ3v) is 13.0. The fourth-order valence-corrected chi connectivity index (χ4v) is 9.47. The minimum atomic E-state index is 0.478. The van der Waals surface area contributed by atoms with Gasteiger partial charge in [0.25, 0.3) is 0 Å². The molecular weight excluding hydrogens is 855 g/mol. The molecule has 70 heavy (non-hydrogen) atoms. The summed E-state index contributed by atoms with van der Waals surface area (Å²) >= 11 is 0. The lowest BCUT2D eigenvalue weighted by molar-refractivity contribution is 0.584. The van der Waals surface area contributed by atoms with Crippen molar-refractivity contribution >= 4 is 28.0 Å². The van der Waals surface area contributed by atoms with E-state index in [1.807, 2.05) is 42.5 Å². The van der Waals surface area contributed by atoms with Crippen molar-refractivity contribution < 1.29 is 4.42 Å². The highest BCUT2D eigenvalue weighted by Gasteiger charge is 2.24. The van der Waals surface area contributed by atoms with E-state index in [1.54, 1.807) is 0 Å². The number of fused-ring (bicyclic) bond motifs is 1. The van der Waals surface area contributed by atoms with Gasteiger partial charge in [-0.15, -0.1) is 10.2 Å². The first-order valence-corrected chi connectivity index (χ1v) is 23.7. The van der Waals surface area contributed by atoms with Crippen LogP contribution < -0.4 is 4.90 Å². The molecule has 0 bridgehead atoms. The molecule has 12 rings (SSSR count). The number of hydrogen-bond acceptors (Lipinski definition) is 6. The fourth-order valence-electron chi connectivity index (χ4n) is 9.47. The van der Waals surface area contributed by atoms with Gasteiger partial charge in [-0.05, 0) is 119 Å². The lowest BCUT2D eigenvalue weighted by Gasteiger charge is -2.30. The van der Waals surface area contributed by atoms with E-state index < -0.39 is 0 Å². The summed E-state index contributed by atoms with van der Waals surface area (Å²) in [6.07, 6.45) is 6.03. The summed E-state index contributed by atoms with van der Waals surface area (Å²) in [4.78, 5) is 13.8. The lowest BCUT2D eigenvalue weighted by atomic mass is 9.92. The van der Waals surface area contributed by atoms with Gasteiger partial charge in [0.05, 0.1) is 22.4 Å². The lowest BCUT2D eigenvalue weighted by Crippen LogP contribution is -2.18. The van der Waals surface area contributed by atoms with E-state index in [4.69, 9.17) is 14.4 Å². The van der Waals surface area contributed by atoms with E-state index in [1.165, 1.54) is 16.8 Å². The van der Waals surface area contributed by atoms with E-state index in [0.717, 1.165) is 102 Å². The third kappa shape index (κ3) is 8.39. The Kier molecular flexibility index (Phi) is 11.3. The van der Waals surface area contributed by atoms with Crippen LogP contribution in [0.4, 0.5) is 11.4 Å². The molecule has 0 aliphatic heterocycles. The SMILES string of the molecule is C1=C(c2nc3c(-c4cccc(-c5ccccc5)c4)ccc(-c4cccc(-c5ccccc5)c4)c3nc2-c2ccccc2)CCC(N(c2ccccc2)c2ccc(-c3nnc(-c4ccccc4)o3)cc2)=C1. The van der Waals surface area contributed by atoms with Crippen LogP contribution in [0, 0.1) is 0 Å². The molecule has 0 amide bonds. The zero-order valence-electron chi connectivity index (χ0n) is 38.2. The van der Waals surface area contributed by atoms with Gasteiger partial charge in [0, 0.05) is 44.9 Å². The van der Waals surface area contributed by atoms with Gasteiger partial charge in [-0.1, -0.05) is 182 Å². The molecule has 0 saturated heterocycles. The molecule has 332 valence electrons. The maximum absolute atomic E-state index is 6.12. The van der Waals surface area contributed by atoms with E-state index >= 15 is 0 Å². The number of allylic oxidation sites excluding steroid dienone is 4.